The number of nitriles is 1. The second kappa shape index (κ2) is 8.59. The van der Waals surface area contributed by atoms with E-state index in [0.29, 0.717) is 20.9 Å². The first-order valence-electron chi connectivity index (χ1n) is 9.05. The second-order valence-corrected chi connectivity index (χ2v) is 10.3. The van der Waals surface area contributed by atoms with Gasteiger partial charge in [0.05, 0.1) is 10.1 Å². The quantitative estimate of drug-likeness (QED) is 0.744. The van der Waals surface area contributed by atoms with Crippen LogP contribution in [0.15, 0.2) is 24.3 Å². The number of anilines is 1. The van der Waals surface area contributed by atoms with Gasteiger partial charge >= 0.3 is 0 Å². The van der Waals surface area contributed by atoms with Crippen molar-refractivity contribution in [3.63, 3.8) is 0 Å². The molecule has 1 aliphatic heterocycles. The zero-order valence-corrected chi connectivity index (χ0v) is 17.3. The standard InChI is InChI=1S/C20H20N2O2S3/c21-11-16-15-3-1-2-4-17(15)27-19(16)22-18(23)12-24-14-7-5-13(6-8-14)20-25-9-10-26-20/h5-8,20H,1-4,9-10,12H2,(H,22,23). The molecule has 1 saturated heterocycles. The molecule has 1 fully saturated rings. The summed E-state index contributed by atoms with van der Waals surface area (Å²) in [5.74, 6) is 2.86. The van der Waals surface area contributed by atoms with Crippen LogP contribution >= 0.6 is 34.9 Å². The third kappa shape index (κ3) is 4.29. The summed E-state index contributed by atoms with van der Waals surface area (Å²) in [4.78, 5) is 13.5. The lowest BCUT2D eigenvalue weighted by atomic mass is 9.96. The van der Waals surface area contributed by atoms with Crippen molar-refractivity contribution in [2.45, 2.75) is 30.3 Å². The van der Waals surface area contributed by atoms with Crippen molar-refractivity contribution >= 4 is 45.8 Å². The molecule has 4 nitrogen and oxygen atoms in total. The fraction of sp³-hybridized carbons (Fsp3) is 0.400. The number of carbonyl (C=O) groups excluding carboxylic acids is 1. The van der Waals surface area contributed by atoms with E-state index in [1.54, 1.807) is 0 Å². The van der Waals surface area contributed by atoms with Gasteiger partial charge in [0.1, 0.15) is 16.8 Å². The summed E-state index contributed by atoms with van der Waals surface area (Å²) in [6.45, 7) is -0.0558. The van der Waals surface area contributed by atoms with Crippen molar-refractivity contribution in [3.8, 4) is 11.8 Å². The lowest BCUT2D eigenvalue weighted by Crippen LogP contribution is -2.20. The molecule has 0 bridgehead atoms. The molecule has 0 saturated carbocycles. The summed E-state index contributed by atoms with van der Waals surface area (Å²) in [7, 11) is 0. The zero-order valence-electron chi connectivity index (χ0n) is 14.8. The van der Waals surface area contributed by atoms with E-state index in [0.717, 1.165) is 31.2 Å². The maximum Gasteiger partial charge on any atom is 0.262 e. The molecule has 1 N–H and O–H groups in total. The molecule has 0 radical (unpaired) electrons. The number of rotatable bonds is 5. The maximum absolute atomic E-state index is 12.3. The number of hydrogen-bond acceptors (Lipinski definition) is 6. The van der Waals surface area contributed by atoms with Crippen LogP contribution in [0.5, 0.6) is 5.75 Å². The van der Waals surface area contributed by atoms with E-state index in [-0.39, 0.29) is 12.5 Å². The lowest BCUT2D eigenvalue weighted by Gasteiger charge is -2.10. The van der Waals surface area contributed by atoms with Crippen LogP contribution in [-0.2, 0) is 17.6 Å². The number of hydrogen-bond donors (Lipinski definition) is 1. The molecule has 2 heterocycles. The van der Waals surface area contributed by atoms with E-state index in [1.807, 2.05) is 35.7 Å². The molecule has 1 aliphatic carbocycles. The number of thioether (sulfide) groups is 2. The van der Waals surface area contributed by atoms with Gasteiger partial charge in [0.25, 0.3) is 5.91 Å². The van der Waals surface area contributed by atoms with Crippen LogP contribution in [0.25, 0.3) is 0 Å². The number of thiophene rings is 1. The Bertz CT molecular complexity index is 865. The third-order valence-electron chi connectivity index (χ3n) is 4.68. The Hall–Kier alpha value is -1.62. The smallest absolute Gasteiger partial charge is 0.262 e. The first-order chi connectivity index (χ1) is 13.2. The van der Waals surface area contributed by atoms with Gasteiger partial charge in [-0.1, -0.05) is 12.1 Å². The van der Waals surface area contributed by atoms with Crippen molar-refractivity contribution in [1.29, 1.82) is 5.26 Å². The highest BCUT2D eigenvalue weighted by atomic mass is 32.2. The lowest BCUT2D eigenvalue weighted by molar-refractivity contribution is -0.118. The van der Waals surface area contributed by atoms with E-state index in [1.165, 1.54) is 33.3 Å². The minimum absolute atomic E-state index is 0.0558. The summed E-state index contributed by atoms with van der Waals surface area (Å²) in [5.41, 5.74) is 3.06. The van der Waals surface area contributed by atoms with Gasteiger partial charge < -0.3 is 10.1 Å². The number of nitrogens with zero attached hydrogens (tertiary/aromatic N) is 1. The van der Waals surface area contributed by atoms with Crippen LogP contribution in [0.2, 0.25) is 0 Å². The molecule has 0 atom stereocenters. The predicted molar refractivity (Wildman–Crippen MR) is 114 cm³/mol. The van der Waals surface area contributed by atoms with Crippen molar-refractivity contribution in [2.24, 2.45) is 0 Å². The van der Waals surface area contributed by atoms with E-state index in [9.17, 15) is 10.1 Å². The third-order valence-corrected chi connectivity index (χ3v) is 8.99. The summed E-state index contributed by atoms with van der Waals surface area (Å²) >= 11 is 5.47. The van der Waals surface area contributed by atoms with Gasteiger partial charge in [-0.15, -0.1) is 34.9 Å². The summed E-state index contributed by atoms with van der Waals surface area (Å²) in [6, 6.07) is 10.3. The van der Waals surface area contributed by atoms with Crippen LogP contribution in [-0.4, -0.2) is 24.0 Å². The number of carbonyl (C=O) groups is 1. The fourth-order valence-electron chi connectivity index (χ4n) is 3.36. The number of nitrogens with one attached hydrogen (secondary N) is 1. The molecule has 1 aromatic carbocycles. The van der Waals surface area contributed by atoms with Gasteiger partial charge in [0.15, 0.2) is 6.61 Å². The van der Waals surface area contributed by atoms with Crippen molar-refractivity contribution in [3.05, 3.63) is 45.8 Å². The number of benzene rings is 1. The van der Waals surface area contributed by atoms with Crippen LogP contribution < -0.4 is 10.1 Å². The maximum atomic E-state index is 12.3. The second-order valence-electron chi connectivity index (χ2n) is 6.51. The SMILES string of the molecule is N#Cc1c(NC(=O)COc2ccc(C3SCCS3)cc2)sc2c1CCCC2. The first-order valence-corrected chi connectivity index (χ1v) is 12.0. The average Bonchev–Trinajstić information content (AvgIpc) is 3.34. The van der Waals surface area contributed by atoms with Gasteiger partial charge in [-0.25, -0.2) is 0 Å². The average molecular weight is 417 g/mol. The topological polar surface area (TPSA) is 62.1 Å². The molecule has 1 amide bonds. The fourth-order valence-corrected chi connectivity index (χ4v) is 7.47. The van der Waals surface area contributed by atoms with E-state index in [2.05, 4.69) is 23.5 Å². The molecule has 140 valence electrons. The normalized spacial score (nSPS) is 16.6. The van der Waals surface area contributed by atoms with Crippen LogP contribution in [0.4, 0.5) is 5.00 Å². The summed E-state index contributed by atoms with van der Waals surface area (Å²) in [6.07, 6.45) is 4.21. The van der Waals surface area contributed by atoms with Crippen molar-refractivity contribution < 1.29 is 9.53 Å². The highest BCUT2D eigenvalue weighted by Gasteiger charge is 2.22. The number of fused-ring (bicyclic) bond motifs is 1. The van der Waals surface area contributed by atoms with Gasteiger partial charge in [0.2, 0.25) is 0 Å². The Morgan fingerprint density at radius 3 is 2.67 bits per heavy atom. The molecule has 7 heteroatoms. The number of amides is 1. The molecule has 0 spiro atoms. The van der Waals surface area contributed by atoms with Crippen LogP contribution in [0.3, 0.4) is 0 Å². The van der Waals surface area contributed by atoms with E-state index >= 15 is 0 Å². The molecule has 4 rings (SSSR count). The minimum atomic E-state index is -0.226. The van der Waals surface area contributed by atoms with Crippen molar-refractivity contribution in [1.82, 2.24) is 0 Å². The van der Waals surface area contributed by atoms with Crippen LogP contribution in [0.1, 0.15) is 39.0 Å². The number of aryl methyl sites for hydroxylation is 1. The van der Waals surface area contributed by atoms with Gasteiger partial charge in [-0.2, -0.15) is 5.26 Å². The zero-order chi connectivity index (χ0) is 18.6. The largest absolute Gasteiger partial charge is 0.484 e. The summed E-state index contributed by atoms with van der Waals surface area (Å²) < 4.78 is 6.14. The monoisotopic (exact) mass is 416 g/mol. The molecule has 0 unspecified atom stereocenters. The molecule has 2 aromatic rings. The van der Waals surface area contributed by atoms with E-state index in [4.69, 9.17) is 4.74 Å². The summed E-state index contributed by atoms with van der Waals surface area (Å²) in [5, 5.41) is 13.0. The van der Waals surface area contributed by atoms with Gasteiger partial charge in [-0.3, -0.25) is 4.79 Å². The Labute approximate surface area is 171 Å². The Morgan fingerprint density at radius 2 is 1.93 bits per heavy atom. The van der Waals surface area contributed by atoms with Gasteiger partial charge in [0, 0.05) is 16.4 Å². The Morgan fingerprint density at radius 1 is 1.19 bits per heavy atom. The first kappa shape index (κ1) is 18.7. The Balaban J connectivity index is 1.35. The van der Waals surface area contributed by atoms with Gasteiger partial charge in [-0.05, 0) is 48.9 Å². The highest BCUT2D eigenvalue weighted by Crippen LogP contribution is 2.45. The predicted octanol–water partition coefficient (Wildman–Crippen LogP) is 4.99. The molecule has 1 aromatic heterocycles. The van der Waals surface area contributed by atoms with E-state index < -0.39 is 0 Å². The molecule has 2 aliphatic rings. The molecular formula is C20H20N2O2S3. The molecule has 27 heavy (non-hydrogen) atoms. The highest BCUT2D eigenvalue weighted by molar-refractivity contribution is 8.19. The molecular weight excluding hydrogens is 396 g/mol. The van der Waals surface area contributed by atoms with Crippen LogP contribution in [0, 0.1) is 11.3 Å². The minimum Gasteiger partial charge on any atom is -0.484 e. The number of ether oxygens (including phenoxy) is 1. The Kier molecular flexibility index (Phi) is 5.96. The van der Waals surface area contributed by atoms with Crippen molar-refractivity contribution in [2.75, 3.05) is 23.4 Å².